The van der Waals surface area contributed by atoms with E-state index < -0.39 is 6.43 Å². The van der Waals surface area contributed by atoms with Gasteiger partial charge < -0.3 is 5.73 Å². The number of alkyl halides is 2. The Hall–Kier alpha value is -0.740. The molecule has 1 rings (SSSR count). The van der Waals surface area contributed by atoms with Crippen LogP contribution in [-0.4, -0.2) is 0 Å². The molecule has 1 unspecified atom stereocenters. The number of rotatable bonds is 3. The van der Waals surface area contributed by atoms with Gasteiger partial charge in [-0.1, -0.05) is 6.08 Å². The lowest BCUT2D eigenvalue weighted by molar-refractivity contribution is 0.155. The van der Waals surface area contributed by atoms with Gasteiger partial charge >= 0.3 is 0 Å². The minimum Gasteiger partial charge on any atom is -0.321 e. The van der Waals surface area contributed by atoms with Gasteiger partial charge in [-0.3, -0.25) is 0 Å². The van der Waals surface area contributed by atoms with E-state index in [-0.39, 0.29) is 10.9 Å². The molecule has 1 atom stereocenters. The molecule has 0 saturated heterocycles. The van der Waals surface area contributed by atoms with Crippen molar-refractivity contribution in [2.24, 2.45) is 5.73 Å². The van der Waals surface area contributed by atoms with Crippen LogP contribution in [-0.2, 0) is 0 Å². The Kier molecular flexibility index (Phi) is 2.94. The zero-order chi connectivity index (χ0) is 9.14. The smallest absolute Gasteiger partial charge is 0.272 e. The topological polar surface area (TPSA) is 26.0 Å². The Bertz CT molecular complexity index is 270. The molecule has 1 aromatic rings. The van der Waals surface area contributed by atoms with Gasteiger partial charge in [-0.2, -0.15) is 0 Å². The van der Waals surface area contributed by atoms with E-state index in [0.717, 1.165) is 11.3 Å². The molecule has 0 fully saturated rings. The quantitative estimate of drug-likeness (QED) is 0.727. The minimum absolute atomic E-state index is 0.0577. The third-order valence-corrected chi connectivity index (χ3v) is 2.45. The van der Waals surface area contributed by atoms with Crippen molar-refractivity contribution in [3.05, 3.63) is 34.5 Å². The summed E-state index contributed by atoms with van der Waals surface area (Å²) in [6, 6.07) is 1.08. The first-order valence-electron chi connectivity index (χ1n) is 3.39. The normalized spacial score (nSPS) is 13.3. The summed E-state index contributed by atoms with van der Waals surface area (Å²) in [5.41, 5.74) is 6.25. The first-order valence-corrected chi connectivity index (χ1v) is 4.27. The largest absolute Gasteiger partial charge is 0.321 e. The van der Waals surface area contributed by atoms with Gasteiger partial charge in [0, 0.05) is 6.04 Å². The van der Waals surface area contributed by atoms with Gasteiger partial charge in [0.25, 0.3) is 6.43 Å². The first-order chi connectivity index (χ1) is 5.65. The fourth-order valence-electron chi connectivity index (χ4n) is 0.794. The lowest BCUT2D eigenvalue weighted by atomic mass is 10.1. The van der Waals surface area contributed by atoms with E-state index in [4.69, 9.17) is 5.73 Å². The summed E-state index contributed by atoms with van der Waals surface area (Å²) in [7, 11) is 0. The van der Waals surface area contributed by atoms with Gasteiger partial charge in [0.1, 0.15) is 0 Å². The van der Waals surface area contributed by atoms with E-state index in [1.807, 2.05) is 0 Å². The maximum Gasteiger partial charge on any atom is 0.272 e. The second kappa shape index (κ2) is 3.78. The van der Waals surface area contributed by atoms with Gasteiger partial charge in [0.15, 0.2) is 0 Å². The molecule has 1 heterocycles. The van der Waals surface area contributed by atoms with Crippen molar-refractivity contribution in [2.75, 3.05) is 0 Å². The third kappa shape index (κ3) is 1.89. The molecule has 1 aromatic heterocycles. The van der Waals surface area contributed by atoms with Crippen LogP contribution in [0.4, 0.5) is 8.78 Å². The third-order valence-electron chi connectivity index (χ3n) is 1.49. The molecule has 0 aromatic carbocycles. The first kappa shape index (κ1) is 9.35. The van der Waals surface area contributed by atoms with E-state index in [1.54, 1.807) is 5.38 Å². The Morgan fingerprint density at radius 1 is 1.58 bits per heavy atom. The predicted octanol–water partition coefficient (Wildman–Crippen LogP) is 2.87. The monoisotopic (exact) mass is 189 g/mol. The summed E-state index contributed by atoms with van der Waals surface area (Å²) in [5, 5.41) is 1.63. The summed E-state index contributed by atoms with van der Waals surface area (Å²) in [6.45, 7) is 3.48. The van der Waals surface area contributed by atoms with E-state index in [9.17, 15) is 8.78 Å². The van der Waals surface area contributed by atoms with Crippen molar-refractivity contribution in [2.45, 2.75) is 12.5 Å². The molecule has 1 nitrogen and oxygen atoms in total. The van der Waals surface area contributed by atoms with Gasteiger partial charge in [-0.25, -0.2) is 8.78 Å². The van der Waals surface area contributed by atoms with Crippen LogP contribution in [0.3, 0.4) is 0 Å². The van der Waals surface area contributed by atoms with Crippen molar-refractivity contribution in [3.8, 4) is 0 Å². The van der Waals surface area contributed by atoms with Gasteiger partial charge in [-0.05, 0) is 17.0 Å². The molecule has 12 heavy (non-hydrogen) atoms. The number of halogens is 2. The average molecular weight is 189 g/mol. The van der Waals surface area contributed by atoms with E-state index in [0.29, 0.717) is 5.56 Å². The second-order valence-corrected chi connectivity index (χ2v) is 3.29. The molecule has 0 bridgehead atoms. The summed E-state index contributed by atoms with van der Waals surface area (Å²) >= 11 is 1.02. The molecule has 0 saturated carbocycles. The van der Waals surface area contributed by atoms with Crippen LogP contribution in [0.2, 0.25) is 0 Å². The summed E-state index contributed by atoms with van der Waals surface area (Å²) in [6.07, 6.45) is -0.877. The molecule has 0 radical (unpaired) electrons. The molecular formula is C8H9F2NS. The summed E-state index contributed by atoms with van der Waals surface area (Å²) < 4.78 is 24.2. The highest BCUT2D eigenvalue weighted by molar-refractivity contribution is 7.10. The second-order valence-electron chi connectivity index (χ2n) is 2.34. The molecule has 66 valence electrons. The number of nitrogens with two attached hydrogens (primary N) is 1. The molecular weight excluding hydrogens is 180 g/mol. The fraction of sp³-hybridized carbons (Fsp3) is 0.250. The molecule has 0 aliphatic heterocycles. The SMILES string of the molecule is C=CC(N)c1csc(C(F)F)c1. The van der Waals surface area contributed by atoms with Crippen molar-refractivity contribution in [1.29, 1.82) is 0 Å². The Labute approximate surface area is 73.5 Å². The molecule has 0 aliphatic rings. The minimum atomic E-state index is -2.40. The number of thiophene rings is 1. The highest BCUT2D eigenvalue weighted by Gasteiger charge is 2.11. The highest BCUT2D eigenvalue weighted by Crippen LogP contribution is 2.28. The van der Waals surface area contributed by atoms with Crippen LogP contribution in [0.15, 0.2) is 24.1 Å². The van der Waals surface area contributed by atoms with E-state index in [2.05, 4.69) is 6.58 Å². The van der Waals surface area contributed by atoms with Crippen LogP contribution in [0.5, 0.6) is 0 Å². The highest BCUT2D eigenvalue weighted by atomic mass is 32.1. The van der Waals surface area contributed by atoms with Crippen LogP contribution in [0.25, 0.3) is 0 Å². The predicted molar refractivity (Wildman–Crippen MR) is 46.4 cm³/mol. The Morgan fingerprint density at radius 2 is 2.25 bits per heavy atom. The average Bonchev–Trinajstić information content (AvgIpc) is 2.51. The maximum absolute atomic E-state index is 12.1. The number of hydrogen-bond acceptors (Lipinski definition) is 2. The number of hydrogen-bond donors (Lipinski definition) is 1. The van der Waals surface area contributed by atoms with Crippen molar-refractivity contribution < 1.29 is 8.78 Å². The molecule has 0 aliphatic carbocycles. The van der Waals surface area contributed by atoms with Gasteiger partial charge in [0.05, 0.1) is 4.88 Å². The van der Waals surface area contributed by atoms with Crippen molar-refractivity contribution >= 4 is 11.3 Å². The molecule has 0 amide bonds. The van der Waals surface area contributed by atoms with Crippen LogP contribution < -0.4 is 5.73 Å². The summed E-state index contributed by atoms with van der Waals surface area (Å²) in [4.78, 5) is 0.0577. The van der Waals surface area contributed by atoms with E-state index >= 15 is 0 Å². The van der Waals surface area contributed by atoms with Gasteiger partial charge in [-0.15, -0.1) is 17.9 Å². The molecule has 4 heteroatoms. The zero-order valence-corrected chi connectivity index (χ0v) is 7.15. The van der Waals surface area contributed by atoms with Gasteiger partial charge in [0.2, 0.25) is 0 Å². The fourth-order valence-corrected chi connectivity index (χ4v) is 1.60. The molecule has 0 spiro atoms. The van der Waals surface area contributed by atoms with Crippen LogP contribution in [0, 0.1) is 0 Å². The van der Waals surface area contributed by atoms with Crippen LogP contribution >= 0.6 is 11.3 Å². The lowest BCUT2D eigenvalue weighted by Gasteiger charge is -2.00. The summed E-state index contributed by atoms with van der Waals surface area (Å²) in [5.74, 6) is 0. The lowest BCUT2D eigenvalue weighted by Crippen LogP contribution is -2.04. The molecule has 2 N–H and O–H groups in total. The van der Waals surface area contributed by atoms with Crippen molar-refractivity contribution in [3.63, 3.8) is 0 Å². The van der Waals surface area contributed by atoms with E-state index in [1.165, 1.54) is 12.1 Å². The van der Waals surface area contributed by atoms with Crippen molar-refractivity contribution in [1.82, 2.24) is 0 Å². The standard InChI is InChI=1S/C8H9F2NS/c1-2-6(11)5-3-7(8(9)10)12-4-5/h2-4,6,8H,1,11H2. The Balaban J connectivity index is 2.83. The van der Waals surface area contributed by atoms with Crippen LogP contribution in [0.1, 0.15) is 22.9 Å². The Morgan fingerprint density at radius 3 is 2.67 bits per heavy atom. The maximum atomic E-state index is 12.1. The zero-order valence-electron chi connectivity index (χ0n) is 6.34.